The van der Waals surface area contributed by atoms with E-state index in [9.17, 15) is 18.4 Å². The average molecular weight is 483 g/mol. The van der Waals surface area contributed by atoms with Gasteiger partial charge in [-0.2, -0.15) is 0 Å². The monoisotopic (exact) mass is 482 g/mol. The van der Waals surface area contributed by atoms with Crippen molar-refractivity contribution in [2.45, 2.75) is 25.7 Å². The fraction of sp³-hybridized carbons (Fsp3) is 0.259. The first kappa shape index (κ1) is 25.7. The van der Waals surface area contributed by atoms with Gasteiger partial charge in [-0.3, -0.25) is 9.59 Å². The molecule has 35 heavy (non-hydrogen) atoms. The molecule has 0 bridgehead atoms. The number of nitrogens with one attached hydrogen (secondary N) is 1. The first-order chi connectivity index (χ1) is 16.8. The third kappa shape index (κ3) is 7.02. The number of aryl methyl sites for hydroxylation is 2. The van der Waals surface area contributed by atoms with Gasteiger partial charge in [0.25, 0.3) is 0 Å². The molecular weight excluding hydrogens is 454 g/mol. The van der Waals surface area contributed by atoms with Crippen LogP contribution in [0.2, 0.25) is 0 Å². The number of rotatable bonds is 10. The van der Waals surface area contributed by atoms with Gasteiger partial charge in [0.15, 0.2) is 23.1 Å². The standard InChI is InChI=1S/C27H28F2N2O4/c1-31(27(33)14-10-19-8-12-25(35-3)23(29)16-19)21-6-4-5-20(17-21)30-26(32)13-9-18-7-11-24(34-2)22(28)15-18/h4-8,11-12,15-17H,9-10,13-14H2,1-3H3,(H,30,32). The number of anilines is 2. The largest absolute Gasteiger partial charge is 0.494 e. The molecule has 2 amide bonds. The molecule has 0 atom stereocenters. The van der Waals surface area contributed by atoms with E-state index in [4.69, 9.17) is 9.47 Å². The molecule has 0 saturated carbocycles. The van der Waals surface area contributed by atoms with Crippen LogP contribution in [0.25, 0.3) is 0 Å². The molecule has 6 nitrogen and oxygen atoms in total. The second-order valence-electron chi connectivity index (χ2n) is 7.99. The maximum absolute atomic E-state index is 13.9. The topological polar surface area (TPSA) is 67.9 Å². The van der Waals surface area contributed by atoms with Crippen molar-refractivity contribution >= 4 is 23.2 Å². The molecular formula is C27H28F2N2O4. The molecule has 184 valence electrons. The van der Waals surface area contributed by atoms with Crippen LogP contribution in [0.15, 0.2) is 60.7 Å². The summed E-state index contributed by atoms with van der Waals surface area (Å²) < 4.78 is 37.5. The molecule has 0 aliphatic heterocycles. The van der Waals surface area contributed by atoms with E-state index in [2.05, 4.69) is 5.32 Å². The summed E-state index contributed by atoms with van der Waals surface area (Å²) in [6, 6.07) is 16.2. The molecule has 0 fully saturated rings. The van der Waals surface area contributed by atoms with Crippen LogP contribution >= 0.6 is 0 Å². The molecule has 1 N–H and O–H groups in total. The van der Waals surface area contributed by atoms with E-state index >= 15 is 0 Å². The number of ether oxygens (including phenoxy) is 2. The molecule has 0 heterocycles. The predicted octanol–water partition coefficient (Wildman–Crippen LogP) is 5.15. The van der Waals surface area contributed by atoms with Gasteiger partial charge in [-0.25, -0.2) is 8.78 Å². The Morgan fingerprint density at radius 1 is 0.829 bits per heavy atom. The molecule has 0 unspecified atom stereocenters. The van der Waals surface area contributed by atoms with Crippen LogP contribution in [-0.2, 0) is 22.4 Å². The zero-order chi connectivity index (χ0) is 25.4. The Kier molecular flexibility index (Phi) is 8.78. The van der Waals surface area contributed by atoms with Gasteiger partial charge >= 0.3 is 0 Å². The Morgan fingerprint density at radius 2 is 1.40 bits per heavy atom. The van der Waals surface area contributed by atoms with Crippen molar-refractivity contribution < 1.29 is 27.8 Å². The van der Waals surface area contributed by atoms with Crippen LogP contribution < -0.4 is 19.7 Å². The van der Waals surface area contributed by atoms with Gasteiger partial charge in [0.1, 0.15) is 0 Å². The van der Waals surface area contributed by atoms with Crippen molar-refractivity contribution in [1.82, 2.24) is 0 Å². The average Bonchev–Trinajstić information content (AvgIpc) is 2.86. The van der Waals surface area contributed by atoms with Gasteiger partial charge in [0.2, 0.25) is 11.8 Å². The van der Waals surface area contributed by atoms with Crippen molar-refractivity contribution in [1.29, 1.82) is 0 Å². The van der Waals surface area contributed by atoms with Gasteiger partial charge in [0.05, 0.1) is 14.2 Å². The number of halogens is 2. The summed E-state index contributed by atoms with van der Waals surface area (Å²) in [7, 11) is 4.44. The van der Waals surface area contributed by atoms with E-state index in [-0.39, 0.29) is 36.2 Å². The second-order valence-corrected chi connectivity index (χ2v) is 7.99. The van der Waals surface area contributed by atoms with E-state index < -0.39 is 11.6 Å². The zero-order valence-electron chi connectivity index (χ0n) is 19.9. The number of benzene rings is 3. The smallest absolute Gasteiger partial charge is 0.227 e. The fourth-order valence-electron chi connectivity index (χ4n) is 3.57. The Morgan fingerprint density at radius 3 is 1.94 bits per heavy atom. The highest BCUT2D eigenvalue weighted by Gasteiger charge is 2.13. The number of hydrogen-bond acceptors (Lipinski definition) is 4. The third-order valence-electron chi connectivity index (χ3n) is 5.59. The van der Waals surface area contributed by atoms with E-state index in [1.807, 2.05) is 0 Å². The molecule has 3 rings (SSSR count). The van der Waals surface area contributed by atoms with Gasteiger partial charge in [0, 0.05) is 31.3 Å². The maximum Gasteiger partial charge on any atom is 0.227 e. The molecule has 0 aliphatic carbocycles. The zero-order valence-corrected chi connectivity index (χ0v) is 19.9. The van der Waals surface area contributed by atoms with E-state index in [1.54, 1.807) is 43.4 Å². The molecule has 0 spiro atoms. The van der Waals surface area contributed by atoms with Crippen LogP contribution in [0.1, 0.15) is 24.0 Å². The Bertz CT molecular complexity index is 1200. The minimum atomic E-state index is -0.470. The number of carbonyl (C=O) groups is 2. The summed E-state index contributed by atoms with van der Waals surface area (Å²) >= 11 is 0. The SMILES string of the molecule is COc1ccc(CCC(=O)Nc2cccc(N(C)C(=O)CCc3ccc(OC)c(F)c3)c2)cc1F. The van der Waals surface area contributed by atoms with Crippen molar-refractivity contribution in [2.24, 2.45) is 0 Å². The number of carbonyl (C=O) groups excluding carboxylic acids is 2. The Balaban J connectivity index is 1.54. The molecule has 8 heteroatoms. The molecule has 0 radical (unpaired) electrons. The van der Waals surface area contributed by atoms with Crippen LogP contribution in [-0.4, -0.2) is 33.1 Å². The van der Waals surface area contributed by atoms with Gasteiger partial charge in [-0.1, -0.05) is 18.2 Å². The van der Waals surface area contributed by atoms with Crippen molar-refractivity contribution in [2.75, 3.05) is 31.5 Å². The minimum Gasteiger partial charge on any atom is -0.494 e. The van der Waals surface area contributed by atoms with Crippen LogP contribution in [0.3, 0.4) is 0 Å². The van der Waals surface area contributed by atoms with Gasteiger partial charge < -0.3 is 19.7 Å². The van der Waals surface area contributed by atoms with E-state index in [0.29, 0.717) is 35.3 Å². The highest BCUT2D eigenvalue weighted by molar-refractivity contribution is 5.95. The lowest BCUT2D eigenvalue weighted by Crippen LogP contribution is -2.26. The Labute approximate surface area is 203 Å². The second kappa shape index (κ2) is 12.0. The third-order valence-corrected chi connectivity index (χ3v) is 5.59. The lowest BCUT2D eigenvalue weighted by molar-refractivity contribution is -0.118. The van der Waals surface area contributed by atoms with Crippen LogP contribution in [0.4, 0.5) is 20.2 Å². The summed E-state index contributed by atoms with van der Waals surface area (Å²) in [5.41, 5.74) is 2.55. The number of methoxy groups -OCH3 is 2. The predicted molar refractivity (Wildman–Crippen MR) is 131 cm³/mol. The Hall–Kier alpha value is -3.94. The number of hydrogen-bond donors (Lipinski definition) is 1. The van der Waals surface area contributed by atoms with Crippen molar-refractivity contribution in [3.8, 4) is 11.5 Å². The van der Waals surface area contributed by atoms with E-state index in [0.717, 1.165) is 0 Å². The summed E-state index contributed by atoms with van der Waals surface area (Å²) in [5.74, 6) is -0.994. The maximum atomic E-state index is 13.9. The van der Waals surface area contributed by atoms with Gasteiger partial charge in [-0.15, -0.1) is 0 Å². The fourth-order valence-corrected chi connectivity index (χ4v) is 3.57. The quantitative estimate of drug-likeness (QED) is 0.434. The molecule has 3 aromatic carbocycles. The minimum absolute atomic E-state index is 0.147. The number of amides is 2. The summed E-state index contributed by atoms with van der Waals surface area (Å²) in [6.07, 6.45) is 1.11. The molecule has 0 aliphatic rings. The lowest BCUT2D eigenvalue weighted by atomic mass is 10.1. The number of nitrogens with zero attached hydrogens (tertiary/aromatic N) is 1. The lowest BCUT2D eigenvalue weighted by Gasteiger charge is -2.18. The summed E-state index contributed by atoms with van der Waals surface area (Å²) in [5, 5.41) is 2.81. The summed E-state index contributed by atoms with van der Waals surface area (Å²) in [6.45, 7) is 0. The first-order valence-corrected chi connectivity index (χ1v) is 11.1. The summed E-state index contributed by atoms with van der Waals surface area (Å²) in [4.78, 5) is 26.6. The molecule has 0 saturated heterocycles. The van der Waals surface area contributed by atoms with Crippen LogP contribution in [0.5, 0.6) is 11.5 Å². The highest BCUT2D eigenvalue weighted by atomic mass is 19.1. The molecule has 0 aromatic heterocycles. The normalized spacial score (nSPS) is 10.5. The van der Waals surface area contributed by atoms with Gasteiger partial charge in [-0.05, 0) is 66.4 Å². The van der Waals surface area contributed by atoms with Crippen LogP contribution in [0, 0.1) is 11.6 Å². The molecule has 3 aromatic rings. The van der Waals surface area contributed by atoms with Crippen molar-refractivity contribution in [3.05, 3.63) is 83.4 Å². The highest BCUT2D eigenvalue weighted by Crippen LogP contribution is 2.22. The first-order valence-electron chi connectivity index (χ1n) is 11.1. The van der Waals surface area contributed by atoms with Crippen molar-refractivity contribution in [3.63, 3.8) is 0 Å². The van der Waals surface area contributed by atoms with E-state index in [1.165, 1.54) is 43.4 Å².